The second kappa shape index (κ2) is 3.11. The van der Waals surface area contributed by atoms with Gasteiger partial charge in [-0.2, -0.15) is 0 Å². The maximum Gasteiger partial charge on any atom is 0.126 e. The van der Waals surface area contributed by atoms with E-state index in [0.29, 0.717) is 0 Å². The second-order valence-electron chi connectivity index (χ2n) is 3.81. The van der Waals surface area contributed by atoms with Crippen molar-refractivity contribution in [2.24, 2.45) is 5.92 Å². The molecule has 1 fully saturated rings. The number of benzene rings is 1. The molecule has 1 aromatic rings. The number of aliphatic hydroxyl groups is 1. The molecule has 0 bridgehead atoms. The molecule has 0 spiro atoms. The summed E-state index contributed by atoms with van der Waals surface area (Å²) in [7, 11) is 0. The van der Waals surface area contributed by atoms with Crippen LogP contribution in [0.1, 0.15) is 23.5 Å². The predicted molar refractivity (Wildman–Crippen MR) is 49.1 cm³/mol. The molecular weight excluding hydrogens is 167 g/mol. The molecule has 1 aliphatic carbocycles. The van der Waals surface area contributed by atoms with E-state index in [1.807, 2.05) is 13.0 Å². The van der Waals surface area contributed by atoms with Crippen LogP contribution in [0, 0.1) is 18.7 Å². The molecule has 0 amide bonds. The van der Waals surface area contributed by atoms with Gasteiger partial charge in [0.05, 0.1) is 0 Å². The molecule has 0 aliphatic heterocycles. The Morgan fingerprint density at radius 3 is 2.92 bits per heavy atom. The molecule has 0 saturated heterocycles. The Kier molecular flexibility index (Phi) is 2.08. The van der Waals surface area contributed by atoms with Gasteiger partial charge in [-0.1, -0.05) is 17.7 Å². The Balaban J connectivity index is 2.25. The summed E-state index contributed by atoms with van der Waals surface area (Å²) in [6, 6.07) is 5.17. The SMILES string of the molecule is Cc1ccc(F)c(C2CC2CO)c1. The van der Waals surface area contributed by atoms with E-state index < -0.39 is 0 Å². The van der Waals surface area contributed by atoms with Crippen LogP contribution in [0.4, 0.5) is 4.39 Å². The van der Waals surface area contributed by atoms with E-state index in [4.69, 9.17) is 5.11 Å². The molecule has 0 heterocycles. The summed E-state index contributed by atoms with van der Waals surface area (Å²) in [6.07, 6.45) is 0.927. The van der Waals surface area contributed by atoms with Crippen molar-refractivity contribution in [3.05, 3.63) is 35.1 Å². The lowest BCUT2D eigenvalue weighted by atomic mass is 10.1. The minimum atomic E-state index is -0.133. The molecule has 1 aliphatic rings. The number of aryl methyl sites for hydroxylation is 1. The van der Waals surface area contributed by atoms with Crippen molar-refractivity contribution in [2.75, 3.05) is 6.61 Å². The first-order valence-corrected chi connectivity index (χ1v) is 4.59. The van der Waals surface area contributed by atoms with Crippen molar-refractivity contribution in [2.45, 2.75) is 19.3 Å². The van der Waals surface area contributed by atoms with Crippen LogP contribution in [0.25, 0.3) is 0 Å². The van der Waals surface area contributed by atoms with Crippen LogP contribution in [0.15, 0.2) is 18.2 Å². The Labute approximate surface area is 77.2 Å². The van der Waals surface area contributed by atoms with Gasteiger partial charge in [-0.05, 0) is 36.8 Å². The maximum absolute atomic E-state index is 13.3. The van der Waals surface area contributed by atoms with Crippen molar-refractivity contribution >= 4 is 0 Å². The van der Waals surface area contributed by atoms with Crippen LogP contribution in [-0.4, -0.2) is 11.7 Å². The Morgan fingerprint density at radius 2 is 2.31 bits per heavy atom. The fraction of sp³-hybridized carbons (Fsp3) is 0.455. The fourth-order valence-electron chi connectivity index (χ4n) is 1.78. The van der Waals surface area contributed by atoms with Gasteiger partial charge in [0.25, 0.3) is 0 Å². The number of hydrogen-bond donors (Lipinski definition) is 1. The fourth-order valence-corrected chi connectivity index (χ4v) is 1.78. The predicted octanol–water partition coefficient (Wildman–Crippen LogP) is 2.23. The van der Waals surface area contributed by atoms with E-state index >= 15 is 0 Å². The molecule has 2 heteroatoms. The number of halogens is 1. The number of rotatable bonds is 2. The van der Waals surface area contributed by atoms with E-state index in [9.17, 15) is 4.39 Å². The molecule has 2 atom stereocenters. The van der Waals surface area contributed by atoms with E-state index in [0.717, 1.165) is 17.5 Å². The van der Waals surface area contributed by atoms with E-state index in [1.54, 1.807) is 6.07 Å². The zero-order valence-corrected chi connectivity index (χ0v) is 7.63. The summed E-state index contributed by atoms with van der Waals surface area (Å²) >= 11 is 0. The van der Waals surface area contributed by atoms with Gasteiger partial charge < -0.3 is 5.11 Å². The highest BCUT2D eigenvalue weighted by Gasteiger charge is 2.39. The van der Waals surface area contributed by atoms with Crippen LogP contribution in [-0.2, 0) is 0 Å². The first kappa shape index (κ1) is 8.70. The average Bonchev–Trinajstić information content (AvgIpc) is 2.88. The average molecular weight is 180 g/mol. The van der Waals surface area contributed by atoms with E-state index in [2.05, 4.69) is 0 Å². The standard InChI is InChI=1S/C11H13FO/c1-7-2-3-11(12)10(4-7)9-5-8(9)6-13/h2-4,8-9,13H,5-6H2,1H3. The largest absolute Gasteiger partial charge is 0.396 e. The third kappa shape index (κ3) is 1.59. The molecule has 2 unspecified atom stereocenters. The molecule has 1 saturated carbocycles. The lowest BCUT2D eigenvalue weighted by Gasteiger charge is -2.02. The molecular formula is C11H13FO. The third-order valence-electron chi connectivity index (χ3n) is 2.71. The second-order valence-corrected chi connectivity index (χ2v) is 3.81. The maximum atomic E-state index is 13.3. The van der Waals surface area contributed by atoms with E-state index in [1.165, 1.54) is 6.07 Å². The molecule has 1 N–H and O–H groups in total. The Morgan fingerprint density at radius 1 is 1.54 bits per heavy atom. The number of hydrogen-bond acceptors (Lipinski definition) is 1. The van der Waals surface area contributed by atoms with Crippen LogP contribution >= 0.6 is 0 Å². The molecule has 70 valence electrons. The topological polar surface area (TPSA) is 20.2 Å². The summed E-state index contributed by atoms with van der Waals surface area (Å²) in [4.78, 5) is 0. The van der Waals surface area contributed by atoms with Gasteiger partial charge in [-0.3, -0.25) is 0 Å². The lowest BCUT2D eigenvalue weighted by molar-refractivity contribution is 0.273. The molecule has 2 rings (SSSR count). The van der Waals surface area contributed by atoms with Crippen molar-refractivity contribution in [1.29, 1.82) is 0 Å². The Bertz CT molecular complexity index is 322. The van der Waals surface area contributed by atoms with Crippen molar-refractivity contribution in [1.82, 2.24) is 0 Å². The highest BCUT2D eigenvalue weighted by molar-refractivity contribution is 5.31. The quantitative estimate of drug-likeness (QED) is 0.740. The van der Waals surface area contributed by atoms with Gasteiger partial charge in [0.1, 0.15) is 5.82 Å². The zero-order valence-electron chi connectivity index (χ0n) is 7.63. The normalized spacial score (nSPS) is 26.1. The van der Waals surface area contributed by atoms with Crippen LogP contribution in [0.2, 0.25) is 0 Å². The monoisotopic (exact) mass is 180 g/mol. The van der Waals surface area contributed by atoms with Gasteiger partial charge in [0.2, 0.25) is 0 Å². The van der Waals surface area contributed by atoms with Crippen molar-refractivity contribution in [3.8, 4) is 0 Å². The third-order valence-corrected chi connectivity index (χ3v) is 2.71. The molecule has 1 aromatic carbocycles. The highest BCUT2D eigenvalue weighted by Crippen LogP contribution is 2.47. The zero-order chi connectivity index (χ0) is 9.42. The summed E-state index contributed by atoms with van der Waals surface area (Å²) < 4.78 is 13.3. The molecule has 13 heavy (non-hydrogen) atoms. The van der Waals surface area contributed by atoms with Crippen molar-refractivity contribution < 1.29 is 9.50 Å². The van der Waals surface area contributed by atoms with E-state index in [-0.39, 0.29) is 24.3 Å². The molecule has 0 aromatic heterocycles. The smallest absolute Gasteiger partial charge is 0.126 e. The summed E-state index contributed by atoms with van der Waals surface area (Å²) in [5, 5.41) is 8.88. The van der Waals surface area contributed by atoms with Crippen LogP contribution in [0.3, 0.4) is 0 Å². The highest BCUT2D eigenvalue weighted by atomic mass is 19.1. The van der Waals surface area contributed by atoms with Crippen LogP contribution in [0.5, 0.6) is 0 Å². The minimum absolute atomic E-state index is 0.133. The van der Waals surface area contributed by atoms with Gasteiger partial charge in [-0.25, -0.2) is 4.39 Å². The minimum Gasteiger partial charge on any atom is -0.396 e. The first-order chi connectivity index (χ1) is 6.22. The van der Waals surface area contributed by atoms with Gasteiger partial charge >= 0.3 is 0 Å². The first-order valence-electron chi connectivity index (χ1n) is 4.59. The molecule has 0 radical (unpaired) electrons. The van der Waals surface area contributed by atoms with Crippen molar-refractivity contribution in [3.63, 3.8) is 0 Å². The summed E-state index contributed by atoms with van der Waals surface area (Å²) in [5.74, 6) is 0.410. The van der Waals surface area contributed by atoms with Crippen LogP contribution < -0.4 is 0 Å². The lowest BCUT2D eigenvalue weighted by Crippen LogP contribution is -1.93. The number of aliphatic hydroxyl groups excluding tert-OH is 1. The van der Waals surface area contributed by atoms with Gasteiger partial charge in [0, 0.05) is 6.61 Å². The Hall–Kier alpha value is -0.890. The summed E-state index contributed by atoms with van der Waals surface area (Å²) in [5.41, 5.74) is 1.86. The van der Waals surface area contributed by atoms with Gasteiger partial charge in [-0.15, -0.1) is 0 Å². The summed E-state index contributed by atoms with van der Waals surface area (Å²) in [6.45, 7) is 2.14. The molecule has 1 nitrogen and oxygen atoms in total. The van der Waals surface area contributed by atoms with Gasteiger partial charge in [0.15, 0.2) is 0 Å².